The van der Waals surface area contributed by atoms with E-state index in [1.807, 2.05) is 6.08 Å². The predicted molar refractivity (Wildman–Crippen MR) is 54.0 cm³/mol. The number of hydrogen-bond donors (Lipinski definition) is 0. The summed E-state index contributed by atoms with van der Waals surface area (Å²) in [5.74, 6) is 1.69. The summed E-state index contributed by atoms with van der Waals surface area (Å²) in [5.41, 5.74) is 1.27. The van der Waals surface area contributed by atoms with Crippen molar-refractivity contribution in [3.8, 4) is 0 Å². The van der Waals surface area contributed by atoms with Crippen LogP contribution in [0.15, 0.2) is 24.0 Å². The SMILES string of the molecule is C=CC(C)CCC(OC)=C(C)C. The van der Waals surface area contributed by atoms with Gasteiger partial charge in [0.1, 0.15) is 0 Å². The maximum Gasteiger partial charge on any atom is 0.0942 e. The zero-order valence-corrected chi connectivity index (χ0v) is 8.68. The maximum atomic E-state index is 5.25. The van der Waals surface area contributed by atoms with Gasteiger partial charge in [-0.15, -0.1) is 6.58 Å². The second kappa shape index (κ2) is 5.87. The summed E-state index contributed by atoms with van der Waals surface area (Å²) in [6.07, 6.45) is 4.13. The van der Waals surface area contributed by atoms with Crippen LogP contribution in [0.25, 0.3) is 0 Å². The lowest BCUT2D eigenvalue weighted by molar-refractivity contribution is 0.267. The number of methoxy groups -OCH3 is 1. The fourth-order valence-electron chi connectivity index (χ4n) is 1.03. The molecular weight excluding hydrogens is 148 g/mol. The lowest BCUT2D eigenvalue weighted by Crippen LogP contribution is -1.95. The fraction of sp³-hybridized carbons (Fsp3) is 0.636. The topological polar surface area (TPSA) is 9.23 Å². The molecule has 1 nitrogen and oxygen atoms in total. The quantitative estimate of drug-likeness (QED) is 0.451. The summed E-state index contributed by atoms with van der Waals surface area (Å²) >= 11 is 0. The lowest BCUT2D eigenvalue weighted by atomic mass is 10.0. The van der Waals surface area contributed by atoms with Gasteiger partial charge in [-0.3, -0.25) is 0 Å². The minimum atomic E-state index is 0.578. The minimum absolute atomic E-state index is 0.578. The Morgan fingerprint density at radius 2 is 2.08 bits per heavy atom. The maximum absolute atomic E-state index is 5.25. The molecule has 0 aromatic heterocycles. The Morgan fingerprint density at radius 3 is 2.42 bits per heavy atom. The Kier molecular flexibility index (Phi) is 5.52. The summed E-state index contributed by atoms with van der Waals surface area (Å²) in [7, 11) is 1.74. The monoisotopic (exact) mass is 168 g/mol. The smallest absolute Gasteiger partial charge is 0.0942 e. The van der Waals surface area contributed by atoms with Gasteiger partial charge in [0.15, 0.2) is 0 Å². The van der Waals surface area contributed by atoms with Crippen LogP contribution in [0.5, 0.6) is 0 Å². The number of ether oxygens (including phenoxy) is 1. The van der Waals surface area contributed by atoms with Crippen molar-refractivity contribution in [1.29, 1.82) is 0 Å². The summed E-state index contributed by atoms with van der Waals surface area (Å²) in [6, 6.07) is 0. The highest BCUT2D eigenvalue weighted by molar-refractivity contribution is 5.02. The van der Waals surface area contributed by atoms with Gasteiger partial charge in [-0.1, -0.05) is 13.0 Å². The van der Waals surface area contributed by atoms with Crippen LogP contribution in [0.3, 0.4) is 0 Å². The van der Waals surface area contributed by atoms with E-state index < -0.39 is 0 Å². The van der Waals surface area contributed by atoms with E-state index in [-0.39, 0.29) is 0 Å². The summed E-state index contributed by atoms with van der Waals surface area (Å²) in [5, 5.41) is 0. The van der Waals surface area contributed by atoms with Crippen molar-refractivity contribution >= 4 is 0 Å². The molecule has 0 aliphatic heterocycles. The van der Waals surface area contributed by atoms with Crippen molar-refractivity contribution in [1.82, 2.24) is 0 Å². The van der Waals surface area contributed by atoms with E-state index in [1.54, 1.807) is 7.11 Å². The fourth-order valence-corrected chi connectivity index (χ4v) is 1.03. The van der Waals surface area contributed by atoms with Crippen LogP contribution in [0.4, 0.5) is 0 Å². The van der Waals surface area contributed by atoms with Gasteiger partial charge in [0.25, 0.3) is 0 Å². The molecule has 1 unspecified atom stereocenters. The molecule has 0 aromatic rings. The van der Waals surface area contributed by atoms with Gasteiger partial charge in [0, 0.05) is 6.42 Å². The van der Waals surface area contributed by atoms with Gasteiger partial charge < -0.3 is 4.74 Å². The second-order valence-corrected chi connectivity index (χ2v) is 3.38. The van der Waals surface area contributed by atoms with Crippen molar-refractivity contribution in [2.24, 2.45) is 5.92 Å². The first-order valence-electron chi connectivity index (χ1n) is 4.44. The van der Waals surface area contributed by atoms with E-state index >= 15 is 0 Å². The summed E-state index contributed by atoms with van der Waals surface area (Å²) < 4.78 is 5.25. The van der Waals surface area contributed by atoms with Gasteiger partial charge in [0.2, 0.25) is 0 Å². The number of allylic oxidation sites excluding steroid dienone is 3. The molecule has 0 rings (SSSR count). The Labute approximate surface area is 76.1 Å². The molecular formula is C11H20O. The third-order valence-corrected chi connectivity index (χ3v) is 2.03. The summed E-state index contributed by atoms with van der Waals surface area (Å²) in [6.45, 7) is 10.1. The van der Waals surface area contributed by atoms with Crippen LogP contribution in [0.2, 0.25) is 0 Å². The molecule has 0 N–H and O–H groups in total. The molecule has 0 amide bonds. The van der Waals surface area contributed by atoms with Gasteiger partial charge in [-0.25, -0.2) is 0 Å². The van der Waals surface area contributed by atoms with Gasteiger partial charge >= 0.3 is 0 Å². The van der Waals surface area contributed by atoms with Crippen LogP contribution in [-0.2, 0) is 4.74 Å². The molecule has 0 aliphatic carbocycles. The van der Waals surface area contributed by atoms with Gasteiger partial charge in [-0.05, 0) is 31.8 Å². The Balaban J connectivity index is 3.90. The van der Waals surface area contributed by atoms with Crippen molar-refractivity contribution < 1.29 is 4.74 Å². The third kappa shape index (κ3) is 4.22. The van der Waals surface area contributed by atoms with Gasteiger partial charge in [-0.2, -0.15) is 0 Å². The molecule has 0 saturated carbocycles. The van der Waals surface area contributed by atoms with Crippen molar-refractivity contribution in [2.75, 3.05) is 7.11 Å². The third-order valence-electron chi connectivity index (χ3n) is 2.03. The molecule has 0 radical (unpaired) electrons. The highest BCUT2D eigenvalue weighted by Gasteiger charge is 2.01. The molecule has 1 atom stereocenters. The van der Waals surface area contributed by atoms with Crippen LogP contribution in [0, 0.1) is 5.92 Å². The minimum Gasteiger partial charge on any atom is -0.501 e. The molecule has 0 heterocycles. The largest absolute Gasteiger partial charge is 0.501 e. The molecule has 1 heteroatoms. The average Bonchev–Trinajstić information content (AvgIpc) is 2.04. The first-order chi connectivity index (χ1) is 5.61. The van der Waals surface area contributed by atoms with Crippen molar-refractivity contribution in [3.63, 3.8) is 0 Å². The number of hydrogen-bond acceptors (Lipinski definition) is 1. The van der Waals surface area contributed by atoms with Crippen molar-refractivity contribution in [3.05, 3.63) is 24.0 Å². The van der Waals surface area contributed by atoms with E-state index in [1.165, 1.54) is 5.57 Å². The predicted octanol–water partition coefficient (Wildman–Crippen LogP) is 3.53. The van der Waals surface area contributed by atoms with Gasteiger partial charge in [0.05, 0.1) is 12.9 Å². The zero-order chi connectivity index (χ0) is 9.56. The molecule has 0 spiro atoms. The van der Waals surface area contributed by atoms with Crippen LogP contribution >= 0.6 is 0 Å². The molecule has 0 saturated heterocycles. The normalized spacial score (nSPS) is 12.0. The van der Waals surface area contributed by atoms with E-state index in [2.05, 4.69) is 27.4 Å². The van der Waals surface area contributed by atoms with Crippen LogP contribution in [0.1, 0.15) is 33.6 Å². The molecule has 0 fully saturated rings. The van der Waals surface area contributed by atoms with Crippen LogP contribution < -0.4 is 0 Å². The average molecular weight is 168 g/mol. The van der Waals surface area contributed by atoms with E-state index in [0.29, 0.717) is 5.92 Å². The standard InChI is InChI=1S/C11H20O/c1-6-10(4)7-8-11(12-5)9(2)3/h6,10H,1,7-8H2,2-5H3. The summed E-state index contributed by atoms with van der Waals surface area (Å²) in [4.78, 5) is 0. The second-order valence-electron chi connectivity index (χ2n) is 3.38. The first-order valence-corrected chi connectivity index (χ1v) is 4.44. The van der Waals surface area contributed by atoms with Crippen LogP contribution in [-0.4, -0.2) is 7.11 Å². The molecule has 0 aromatic carbocycles. The highest BCUT2D eigenvalue weighted by atomic mass is 16.5. The molecule has 12 heavy (non-hydrogen) atoms. The van der Waals surface area contributed by atoms with E-state index in [9.17, 15) is 0 Å². The van der Waals surface area contributed by atoms with E-state index in [4.69, 9.17) is 4.74 Å². The Bertz CT molecular complexity index is 164. The molecule has 70 valence electrons. The number of rotatable bonds is 5. The molecule has 0 bridgehead atoms. The Morgan fingerprint density at radius 1 is 1.50 bits per heavy atom. The zero-order valence-electron chi connectivity index (χ0n) is 8.68. The lowest BCUT2D eigenvalue weighted by Gasteiger charge is -2.10. The van der Waals surface area contributed by atoms with Crippen molar-refractivity contribution in [2.45, 2.75) is 33.6 Å². The molecule has 0 aliphatic rings. The Hall–Kier alpha value is -0.720. The first kappa shape index (κ1) is 11.3. The highest BCUT2D eigenvalue weighted by Crippen LogP contribution is 2.15. The van der Waals surface area contributed by atoms with E-state index in [0.717, 1.165) is 18.6 Å².